The highest BCUT2D eigenvalue weighted by Crippen LogP contribution is 2.17. The summed E-state index contributed by atoms with van der Waals surface area (Å²) in [4.78, 5) is 36.0. The Balaban J connectivity index is 1.96. The Morgan fingerprint density at radius 2 is 1.85 bits per heavy atom. The molecule has 7 heteroatoms. The van der Waals surface area contributed by atoms with Crippen LogP contribution < -0.4 is 10.9 Å². The summed E-state index contributed by atoms with van der Waals surface area (Å²) >= 11 is 3.38. The second-order valence-corrected chi connectivity index (χ2v) is 6.62. The third-order valence-corrected chi connectivity index (χ3v) is 4.39. The molecule has 0 saturated carbocycles. The van der Waals surface area contributed by atoms with Crippen LogP contribution in [0.5, 0.6) is 0 Å². The molecule has 0 aliphatic rings. The number of rotatable bonds is 5. The minimum Gasteiger partial charge on any atom is -0.480 e. The number of fused-ring (bicyclic) bond motifs is 1. The molecule has 1 heterocycles. The number of nitrogens with one attached hydrogen (secondary N) is 1. The third kappa shape index (κ3) is 3.83. The molecular formula is C19H15BrN2O4. The number of amides is 1. The summed E-state index contributed by atoms with van der Waals surface area (Å²) in [5.41, 5.74) is 1.02. The molecule has 1 aromatic heterocycles. The van der Waals surface area contributed by atoms with E-state index in [-0.39, 0.29) is 11.5 Å². The van der Waals surface area contributed by atoms with Gasteiger partial charge in [0.05, 0.1) is 11.1 Å². The number of benzene rings is 2. The smallest absolute Gasteiger partial charge is 0.323 e. The zero-order valence-corrected chi connectivity index (χ0v) is 15.2. The maximum atomic E-state index is 12.6. The summed E-state index contributed by atoms with van der Waals surface area (Å²) in [6, 6.07) is 15.5. The van der Waals surface area contributed by atoms with Crippen molar-refractivity contribution in [2.45, 2.75) is 13.1 Å². The van der Waals surface area contributed by atoms with E-state index in [1.807, 2.05) is 24.3 Å². The lowest BCUT2D eigenvalue weighted by atomic mass is 10.1. The Labute approximate surface area is 157 Å². The van der Waals surface area contributed by atoms with E-state index in [0.29, 0.717) is 17.4 Å². The molecule has 0 atom stereocenters. The molecule has 3 rings (SSSR count). The first kappa shape index (κ1) is 17.9. The van der Waals surface area contributed by atoms with Crippen molar-refractivity contribution < 1.29 is 14.7 Å². The molecule has 0 unspecified atom stereocenters. The Bertz CT molecular complexity index is 1060. The molecule has 0 radical (unpaired) electrons. The highest BCUT2D eigenvalue weighted by Gasteiger charge is 2.15. The van der Waals surface area contributed by atoms with Crippen LogP contribution in [0.2, 0.25) is 0 Å². The van der Waals surface area contributed by atoms with E-state index in [0.717, 1.165) is 14.6 Å². The van der Waals surface area contributed by atoms with Gasteiger partial charge in [-0.05, 0) is 23.8 Å². The van der Waals surface area contributed by atoms with Crippen molar-refractivity contribution in [3.63, 3.8) is 0 Å². The first-order chi connectivity index (χ1) is 12.5. The molecule has 0 aliphatic carbocycles. The van der Waals surface area contributed by atoms with Crippen molar-refractivity contribution in [3.8, 4) is 0 Å². The maximum Gasteiger partial charge on any atom is 0.323 e. The van der Waals surface area contributed by atoms with E-state index in [4.69, 9.17) is 5.11 Å². The number of carbonyl (C=O) groups excluding carboxylic acids is 1. The van der Waals surface area contributed by atoms with E-state index in [1.165, 1.54) is 6.07 Å². The number of para-hydroxylation sites is 1. The molecule has 2 aromatic carbocycles. The molecule has 6 nitrogen and oxygen atoms in total. The van der Waals surface area contributed by atoms with E-state index in [1.54, 1.807) is 24.3 Å². The molecule has 0 bridgehead atoms. The van der Waals surface area contributed by atoms with Gasteiger partial charge in [0.25, 0.3) is 11.5 Å². The van der Waals surface area contributed by atoms with Crippen molar-refractivity contribution in [2.24, 2.45) is 0 Å². The molecule has 132 valence electrons. The second kappa shape index (κ2) is 7.53. The van der Waals surface area contributed by atoms with Crippen LogP contribution in [0.3, 0.4) is 0 Å². The number of nitrogens with zero attached hydrogens (tertiary/aromatic N) is 1. The predicted molar refractivity (Wildman–Crippen MR) is 101 cm³/mol. The van der Waals surface area contributed by atoms with Crippen LogP contribution in [0, 0.1) is 0 Å². The van der Waals surface area contributed by atoms with Gasteiger partial charge in [-0.1, -0.05) is 46.3 Å². The SMILES string of the molecule is O=C(O)Cn1c(=O)cc(C(=O)NCc2cccc(Br)c2)c2ccccc21. The Hall–Kier alpha value is -2.93. The molecule has 0 aliphatic heterocycles. The van der Waals surface area contributed by atoms with Crippen LogP contribution in [-0.2, 0) is 17.9 Å². The van der Waals surface area contributed by atoms with Gasteiger partial charge >= 0.3 is 5.97 Å². The monoisotopic (exact) mass is 414 g/mol. The summed E-state index contributed by atoms with van der Waals surface area (Å²) in [6.07, 6.45) is 0. The topological polar surface area (TPSA) is 88.4 Å². The van der Waals surface area contributed by atoms with Crippen LogP contribution in [0.25, 0.3) is 10.9 Å². The van der Waals surface area contributed by atoms with E-state index in [2.05, 4.69) is 21.2 Å². The zero-order valence-electron chi connectivity index (χ0n) is 13.6. The van der Waals surface area contributed by atoms with Crippen LogP contribution in [-0.4, -0.2) is 21.6 Å². The van der Waals surface area contributed by atoms with Gasteiger partial charge in [-0.2, -0.15) is 0 Å². The minimum atomic E-state index is -1.12. The third-order valence-electron chi connectivity index (χ3n) is 3.90. The Morgan fingerprint density at radius 1 is 1.08 bits per heavy atom. The minimum absolute atomic E-state index is 0.224. The Kier molecular flexibility index (Phi) is 5.18. The number of aliphatic carboxylic acids is 1. The van der Waals surface area contributed by atoms with Crippen molar-refractivity contribution in [1.29, 1.82) is 0 Å². The van der Waals surface area contributed by atoms with Gasteiger partial charge in [-0.15, -0.1) is 0 Å². The highest BCUT2D eigenvalue weighted by molar-refractivity contribution is 9.10. The molecule has 0 saturated heterocycles. The fourth-order valence-corrected chi connectivity index (χ4v) is 3.19. The molecular weight excluding hydrogens is 400 g/mol. The molecule has 26 heavy (non-hydrogen) atoms. The number of hydrogen-bond donors (Lipinski definition) is 2. The quantitative estimate of drug-likeness (QED) is 0.671. The summed E-state index contributed by atoms with van der Waals surface area (Å²) in [5, 5.41) is 12.3. The second-order valence-electron chi connectivity index (χ2n) is 5.71. The molecule has 0 spiro atoms. The van der Waals surface area contributed by atoms with E-state index in [9.17, 15) is 14.4 Å². The van der Waals surface area contributed by atoms with Crippen molar-refractivity contribution in [2.75, 3.05) is 0 Å². The predicted octanol–water partition coefficient (Wildman–Crippen LogP) is 2.78. The number of carbonyl (C=O) groups is 2. The lowest BCUT2D eigenvalue weighted by molar-refractivity contribution is -0.137. The first-order valence-corrected chi connectivity index (χ1v) is 8.62. The van der Waals surface area contributed by atoms with Gasteiger partial charge < -0.3 is 10.4 Å². The van der Waals surface area contributed by atoms with E-state index < -0.39 is 18.1 Å². The van der Waals surface area contributed by atoms with Crippen molar-refractivity contribution >= 4 is 38.7 Å². The lowest BCUT2D eigenvalue weighted by Gasteiger charge is -2.12. The van der Waals surface area contributed by atoms with Gasteiger partial charge in [-0.3, -0.25) is 19.0 Å². The number of carboxylic acid groups (broad SMARTS) is 1. The molecule has 0 fully saturated rings. The summed E-state index contributed by atoms with van der Waals surface area (Å²) in [7, 11) is 0. The number of pyridine rings is 1. The first-order valence-electron chi connectivity index (χ1n) is 7.83. The van der Waals surface area contributed by atoms with Crippen molar-refractivity contribution in [3.05, 3.63) is 80.6 Å². The number of carboxylic acids is 1. The van der Waals surface area contributed by atoms with Crippen LogP contribution in [0.4, 0.5) is 0 Å². The largest absolute Gasteiger partial charge is 0.480 e. The van der Waals surface area contributed by atoms with Gasteiger partial charge in [0.2, 0.25) is 0 Å². The fourth-order valence-electron chi connectivity index (χ4n) is 2.75. The van der Waals surface area contributed by atoms with E-state index >= 15 is 0 Å². The molecule has 1 amide bonds. The van der Waals surface area contributed by atoms with Crippen molar-refractivity contribution in [1.82, 2.24) is 9.88 Å². The number of hydrogen-bond acceptors (Lipinski definition) is 3. The van der Waals surface area contributed by atoms with Crippen LogP contribution in [0.15, 0.2) is 63.9 Å². The standard InChI is InChI=1S/C19H15BrN2O4/c20-13-5-3-4-12(8-13)10-21-19(26)15-9-17(23)22(11-18(24)25)16-7-2-1-6-14(15)16/h1-9H,10-11H2,(H,21,26)(H,24,25). The summed E-state index contributed by atoms with van der Waals surface area (Å²) in [5.74, 6) is -1.51. The average molecular weight is 415 g/mol. The van der Waals surface area contributed by atoms with Crippen LogP contribution >= 0.6 is 15.9 Å². The number of halogens is 1. The molecule has 3 aromatic rings. The normalized spacial score (nSPS) is 10.7. The lowest BCUT2D eigenvalue weighted by Crippen LogP contribution is -2.29. The average Bonchev–Trinajstić information content (AvgIpc) is 2.61. The van der Waals surface area contributed by atoms with Crippen LogP contribution in [0.1, 0.15) is 15.9 Å². The summed E-state index contributed by atoms with van der Waals surface area (Å²) in [6.45, 7) is -0.149. The van der Waals surface area contributed by atoms with Gasteiger partial charge in [0, 0.05) is 22.5 Å². The summed E-state index contributed by atoms with van der Waals surface area (Å²) < 4.78 is 2.05. The molecule has 2 N–H and O–H groups in total. The highest BCUT2D eigenvalue weighted by atomic mass is 79.9. The van der Waals surface area contributed by atoms with Gasteiger partial charge in [0.15, 0.2) is 0 Å². The van der Waals surface area contributed by atoms with Gasteiger partial charge in [-0.25, -0.2) is 0 Å². The number of aromatic nitrogens is 1. The zero-order chi connectivity index (χ0) is 18.7. The fraction of sp³-hybridized carbons (Fsp3) is 0.105. The maximum absolute atomic E-state index is 12.6. The van der Waals surface area contributed by atoms with Gasteiger partial charge in [0.1, 0.15) is 6.54 Å². The Morgan fingerprint density at radius 3 is 2.58 bits per heavy atom.